The zero-order chi connectivity index (χ0) is 20.8. The van der Waals surface area contributed by atoms with E-state index in [1.165, 1.54) is 11.3 Å². The minimum Gasteiger partial charge on any atom is -0.315 e. The van der Waals surface area contributed by atoms with Gasteiger partial charge in [-0.3, -0.25) is 29.4 Å². The first kappa shape index (κ1) is 20.5. The number of piperidine rings is 1. The number of nitrogens with zero attached hydrogens (tertiary/aromatic N) is 1. The zero-order valence-electron chi connectivity index (χ0n) is 15.7. The van der Waals surface area contributed by atoms with E-state index in [0.717, 1.165) is 11.2 Å². The Bertz CT molecular complexity index is 1000. The summed E-state index contributed by atoms with van der Waals surface area (Å²) in [6.07, 6.45) is 1.43. The fourth-order valence-electron chi connectivity index (χ4n) is 3.05. The Morgan fingerprint density at radius 2 is 2.21 bits per heavy atom. The molecule has 1 aromatic heterocycles. The van der Waals surface area contributed by atoms with Gasteiger partial charge in [0, 0.05) is 30.1 Å². The van der Waals surface area contributed by atoms with Crippen molar-refractivity contribution < 1.29 is 19.2 Å². The van der Waals surface area contributed by atoms with E-state index in [-0.39, 0.29) is 18.2 Å². The number of imide groups is 1. The van der Waals surface area contributed by atoms with Crippen LogP contribution in [0.25, 0.3) is 0 Å². The van der Waals surface area contributed by atoms with Crippen molar-refractivity contribution in [3.8, 4) is 11.8 Å². The average molecular weight is 409 g/mol. The van der Waals surface area contributed by atoms with Crippen LogP contribution >= 0.6 is 11.3 Å². The van der Waals surface area contributed by atoms with Crippen molar-refractivity contribution in [3.05, 3.63) is 51.7 Å². The number of aldehydes is 1. The predicted octanol–water partition coefficient (Wildman–Crippen LogP) is 1.79. The zero-order valence-corrected chi connectivity index (χ0v) is 16.5. The topological polar surface area (TPSA) is 95.6 Å². The van der Waals surface area contributed by atoms with Crippen molar-refractivity contribution in [2.75, 3.05) is 12.4 Å². The lowest BCUT2D eigenvalue weighted by molar-refractivity contribution is -0.137. The van der Waals surface area contributed by atoms with Crippen molar-refractivity contribution in [1.82, 2.24) is 10.2 Å². The van der Waals surface area contributed by atoms with Gasteiger partial charge in [-0.1, -0.05) is 6.07 Å². The molecular formula is C21H19N3O4S. The second-order valence-corrected chi connectivity index (χ2v) is 7.54. The third-order valence-corrected chi connectivity index (χ3v) is 5.30. The van der Waals surface area contributed by atoms with E-state index in [2.05, 4.69) is 22.5 Å². The Labute approximate surface area is 172 Å². The normalized spacial score (nSPS) is 16.0. The number of hydrogen-bond acceptors (Lipinski definition) is 6. The highest BCUT2D eigenvalue weighted by molar-refractivity contribution is 7.10. The SMILES string of the molecule is CN(Cc1cc(NC(=O)C#Cc2cccs2)ccc1C=O)C1CCC(=O)NC1=O. The van der Waals surface area contributed by atoms with Crippen molar-refractivity contribution in [2.45, 2.75) is 25.4 Å². The molecule has 1 saturated heterocycles. The van der Waals surface area contributed by atoms with Crippen molar-refractivity contribution >= 4 is 41.0 Å². The molecule has 1 fully saturated rings. The minimum absolute atomic E-state index is 0.276. The van der Waals surface area contributed by atoms with Crippen LogP contribution in [0.2, 0.25) is 0 Å². The first-order chi connectivity index (χ1) is 14.0. The maximum absolute atomic E-state index is 12.1. The van der Waals surface area contributed by atoms with Gasteiger partial charge >= 0.3 is 5.91 Å². The molecule has 8 heteroatoms. The Hall–Kier alpha value is -3.28. The van der Waals surface area contributed by atoms with E-state index in [1.54, 1.807) is 30.1 Å². The Morgan fingerprint density at radius 1 is 1.38 bits per heavy atom. The average Bonchev–Trinajstić information content (AvgIpc) is 3.20. The van der Waals surface area contributed by atoms with Crippen LogP contribution in [0, 0.1) is 11.8 Å². The Balaban J connectivity index is 1.71. The van der Waals surface area contributed by atoms with E-state index >= 15 is 0 Å². The molecule has 7 nitrogen and oxygen atoms in total. The number of carbonyl (C=O) groups is 4. The molecule has 0 bridgehead atoms. The number of anilines is 1. The number of hydrogen-bond donors (Lipinski definition) is 2. The molecule has 0 aliphatic carbocycles. The third kappa shape index (κ3) is 5.38. The summed E-state index contributed by atoms with van der Waals surface area (Å²) in [6.45, 7) is 0.310. The number of likely N-dealkylation sites (N-methyl/N-ethyl adjacent to an activating group) is 1. The maximum atomic E-state index is 12.1. The summed E-state index contributed by atoms with van der Waals surface area (Å²) in [5, 5.41) is 6.90. The lowest BCUT2D eigenvalue weighted by atomic mass is 10.0. The summed E-state index contributed by atoms with van der Waals surface area (Å²) < 4.78 is 0. The molecule has 2 N–H and O–H groups in total. The van der Waals surface area contributed by atoms with Gasteiger partial charge in [0.15, 0.2) is 0 Å². The van der Waals surface area contributed by atoms with Gasteiger partial charge in [0.2, 0.25) is 11.8 Å². The highest BCUT2D eigenvalue weighted by atomic mass is 32.1. The second-order valence-electron chi connectivity index (χ2n) is 6.59. The molecule has 0 radical (unpaired) electrons. The smallest absolute Gasteiger partial charge is 0.300 e. The summed E-state index contributed by atoms with van der Waals surface area (Å²) in [4.78, 5) is 49.4. The lowest BCUT2D eigenvalue weighted by Gasteiger charge is -2.30. The molecular weight excluding hydrogens is 390 g/mol. The molecule has 1 aliphatic rings. The van der Waals surface area contributed by atoms with Crippen LogP contribution in [0.1, 0.15) is 33.6 Å². The monoisotopic (exact) mass is 409 g/mol. The van der Waals surface area contributed by atoms with E-state index in [9.17, 15) is 19.2 Å². The van der Waals surface area contributed by atoms with Crippen LogP contribution < -0.4 is 10.6 Å². The van der Waals surface area contributed by atoms with Crippen LogP contribution in [0.4, 0.5) is 5.69 Å². The fraction of sp³-hybridized carbons (Fsp3) is 0.238. The Morgan fingerprint density at radius 3 is 2.90 bits per heavy atom. The van der Waals surface area contributed by atoms with Crippen LogP contribution in [0.5, 0.6) is 0 Å². The molecule has 2 aromatic rings. The molecule has 3 amide bonds. The number of thiophene rings is 1. The van der Waals surface area contributed by atoms with Gasteiger partial charge < -0.3 is 5.32 Å². The largest absolute Gasteiger partial charge is 0.315 e. The van der Waals surface area contributed by atoms with E-state index in [4.69, 9.17) is 0 Å². The fourth-order valence-corrected chi connectivity index (χ4v) is 3.62. The molecule has 3 rings (SSSR count). The number of benzene rings is 1. The van der Waals surface area contributed by atoms with Gasteiger partial charge in [-0.15, -0.1) is 11.3 Å². The minimum atomic E-state index is -0.457. The molecule has 0 saturated carbocycles. The first-order valence-corrected chi connectivity index (χ1v) is 9.83. The molecule has 1 aliphatic heterocycles. The number of nitrogens with one attached hydrogen (secondary N) is 2. The molecule has 1 atom stereocenters. The van der Waals surface area contributed by atoms with Crippen LogP contribution in [-0.4, -0.2) is 42.0 Å². The summed E-state index contributed by atoms with van der Waals surface area (Å²) in [7, 11) is 1.76. The summed E-state index contributed by atoms with van der Waals surface area (Å²) >= 11 is 1.45. The summed E-state index contributed by atoms with van der Waals surface area (Å²) in [5.74, 6) is 4.24. The predicted molar refractivity (Wildman–Crippen MR) is 109 cm³/mol. The lowest BCUT2D eigenvalue weighted by Crippen LogP contribution is -2.51. The number of carbonyl (C=O) groups excluding carboxylic acids is 4. The van der Waals surface area contributed by atoms with Gasteiger partial charge in [0.25, 0.3) is 0 Å². The van der Waals surface area contributed by atoms with Gasteiger partial charge in [-0.05, 0) is 54.6 Å². The molecule has 2 heterocycles. The van der Waals surface area contributed by atoms with Gasteiger partial charge in [0.05, 0.1) is 10.9 Å². The number of amides is 3. The van der Waals surface area contributed by atoms with Crippen LogP contribution in [-0.2, 0) is 20.9 Å². The summed E-state index contributed by atoms with van der Waals surface area (Å²) in [6, 6.07) is 8.16. The van der Waals surface area contributed by atoms with Crippen molar-refractivity contribution in [3.63, 3.8) is 0 Å². The maximum Gasteiger partial charge on any atom is 0.300 e. The Kier molecular flexibility index (Phi) is 6.54. The van der Waals surface area contributed by atoms with Crippen molar-refractivity contribution in [2.24, 2.45) is 0 Å². The highest BCUT2D eigenvalue weighted by Crippen LogP contribution is 2.19. The second kappa shape index (κ2) is 9.28. The molecule has 1 unspecified atom stereocenters. The van der Waals surface area contributed by atoms with Gasteiger partial charge in [-0.25, -0.2) is 0 Å². The summed E-state index contributed by atoms with van der Waals surface area (Å²) in [5.41, 5.74) is 1.63. The van der Waals surface area contributed by atoms with Crippen molar-refractivity contribution in [1.29, 1.82) is 0 Å². The van der Waals surface area contributed by atoms with Crippen LogP contribution in [0.3, 0.4) is 0 Å². The van der Waals surface area contributed by atoms with E-state index < -0.39 is 11.9 Å². The van der Waals surface area contributed by atoms with Gasteiger partial charge in [0.1, 0.15) is 6.29 Å². The molecule has 1 aromatic carbocycles. The quantitative estimate of drug-likeness (QED) is 0.446. The van der Waals surface area contributed by atoms with Gasteiger partial charge in [-0.2, -0.15) is 0 Å². The molecule has 0 spiro atoms. The van der Waals surface area contributed by atoms with E-state index in [1.807, 2.05) is 17.5 Å². The standard InChI is InChI=1S/C21H19N3O4S/c1-24(18-7-9-20(27)23-21(18)28)12-15-11-16(5-4-14(15)13-25)22-19(26)8-6-17-3-2-10-29-17/h2-5,10-11,13,18H,7,9,12H2,1H3,(H,22,26)(H,23,27,28). The van der Waals surface area contributed by atoms with Crippen LogP contribution in [0.15, 0.2) is 35.7 Å². The first-order valence-electron chi connectivity index (χ1n) is 8.95. The number of rotatable bonds is 5. The molecule has 29 heavy (non-hydrogen) atoms. The van der Waals surface area contributed by atoms with E-state index in [0.29, 0.717) is 29.8 Å². The highest BCUT2D eigenvalue weighted by Gasteiger charge is 2.30. The molecule has 148 valence electrons. The third-order valence-electron chi connectivity index (χ3n) is 4.51.